The number of fused-ring (bicyclic) bond motifs is 1. The fourth-order valence-electron chi connectivity index (χ4n) is 3.64. The van der Waals surface area contributed by atoms with E-state index >= 15 is 0 Å². The minimum atomic E-state index is -0.669. The molecule has 0 saturated heterocycles. The van der Waals surface area contributed by atoms with E-state index in [-0.39, 0.29) is 22.6 Å². The Hall–Kier alpha value is -1.64. The van der Waals surface area contributed by atoms with Crippen LogP contribution < -0.4 is 0 Å². The van der Waals surface area contributed by atoms with Crippen molar-refractivity contribution in [3.8, 4) is 0 Å². The predicted molar refractivity (Wildman–Crippen MR) is 93.7 cm³/mol. The van der Waals surface area contributed by atoms with Gasteiger partial charge in [-0.3, -0.25) is 14.5 Å². The van der Waals surface area contributed by atoms with E-state index in [0.717, 1.165) is 11.1 Å². The summed E-state index contributed by atoms with van der Waals surface area (Å²) in [6.07, 6.45) is 0.705. The van der Waals surface area contributed by atoms with Gasteiger partial charge in [0.05, 0.1) is 5.41 Å². The first kappa shape index (κ1) is 17.7. The van der Waals surface area contributed by atoms with Crippen LogP contribution >= 0.6 is 0 Å². The van der Waals surface area contributed by atoms with Gasteiger partial charge < -0.3 is 0 Å². The van der Waals surface area contributed by atoms with Gasteiger partial charge in [-0.25, -0.2) is 0 Å². The summed E-state index contributed by atoms with van der Waals surface area (Å²) >= 11 is 0. The fraction of sp³-hybridized carbons (Fsp3) is 0.600. The zero-order valence-corrected chi connectivity index (χ0v) is 15.7. The van der Waals surface area contributed by atoms with Gasteiger partial charge in [-0.2, -0.15) is 0 Å². The summed E-state index contributed by atoms with van der Waals surface area (Å²) in [4.78, 5) is 26.8. The molecule has 23 heavy (non-hydrogen) atoms. The molecule has 2 rings (SSSR count). The van der Waals surface area contributed by atoms with Crippen molar-refractivity contribution in [3.05, 3.63) is 34.9 Å². The molecular formula is C20H29NO2. The number of imide groups is 1. The van der Waals surface area contributed by atoms with Crippen molar-refractivity contribution in [2.45, 2.75) is 65.7 Å². The largest absolute Gasteiger partial charge is 0.281 e. The lowest BCUT2D eigenvalue weighted by molar-refractivity contribution is -0.135. The average Bonchev–Trinajstić information content (AvgIpc) is 2.40. The van der Waals surface area contributed by atoms with Gasteiger partial charge in [0.1, 0.15) is 0 Å². The molecule has 0 bridgehead atoms. The molecule has 0 radical (unpaired) electrons. The van der Waals surface area contributed by atoms with Crippen LogP contribution in [-0.4, -0.2) is 23.8 Å². The van der Waals surface area contributed by atoms with E-state index in [1.54, 1.807) is 7.05 Å². The molecule has 1 aromatic carbocycles. The second-order valence-electron chi connectivity index (χ2n) is 9.25. The number of hydrogen-bond donors (Lipinski definition) is 0. The smallest absolute Gasteiger partial charge is 0.260 e. The molecule has 0 aliphatic carbocycles. The molecule has 1 aromatic rings. The van der Waals surface area contributed by atoms with Crippen molar-refractivity contribution >= 4 is 11.8 Å². The maximum absolute atomic E-state index is 13.0. The molecule has 1 unspecified atom stereocenters. The average molecular weight is 315 g/mol. The Labute approximate surface area is 140 Å². The second-order valence-corrected chi connectivity index (χ2v) is 9.25. The van der Waals surface area contributed by atoms with Gasteiger partial charge in [0.2, 0.25) is 5.91 Å². The lowest BCUT2D eigenvalue weighted by atomic mass is 9.66. The summed E-state index contributed by atoms with van der Waals surface area (Å²) in [7, 11) is 1.59. The summed E-state index contributed by atoms with van der Waals surface area (Å²) < 4.78 is 0. The summed E-state index contributed by atoms with van der Waals surface area (Å²) in [6, 6.07) is 5.98. The third kappa shape index (κ3) is 3.06. The number of rotatable bonds is 1. The first-order valence-corrected chi connectivity index (χ1v) is 8.25. The number of likely N-dealkylation sites (N-methyl/N-ethyl adjacent to an activating group) is 1. The maximum atomic E-state index is 13.0. The molecule has 3 nitrogen and oxygen atoms in total. The number of carbonyl (C=O) groups excluding carboxylic acids is 2. The van der Waals surface area contributed by atoms with Gasteiger partial charge in [-0.15, -0.1) is 0 Å². The van der Waals surface area contributed by atoms with Crippen molar-refractivity contribution in [1.29, 1.82) is 0 Å². The Morgan fingerprint density at radius 2 is 1.61 bits per heavy atom. The van der Waals surface area contributed by atoms with Gasteiger partial charge in [0.15, 0.2) is 0 Å². The van der Waals surface area contributed by atoms with Gasteiger partial charge in [0, 0.05) is 12.6 Å². The molecule has 0 fully saturated rings. The van der Waals surface area contributed by atoms with Crippen molar-refractivity contribution in [2.75, 3.05) is 7.05 Å². The Morgan fingerprint density at radius 3 is 2.09 bits per heavy atom. The van der Waals surface area contributed by atoms with E-state index in [9.17, 15) is 9.59 Å². The molecule has 0 spiro atoms. The van der Waals surface area contributed by atoms with Gasteiger partial charge in [-0.1, -0.05) is 53.7 Å². The molecular weight excluding hydrogens is 286 g/mol. The number of nitrogens with zero attached hydrogens (tertiary/aromatic N) is 1. The Bertz CT molecular complexity index is 661. The van der Waals surface area contributed by atoms with Crippen LogP contribution in [-0.2, 0) is 15.6 Å². The topological polar surface area (TPSA) is 37.4 Å². The molecule has 1 heterocycles. The number of hydrogen-bond acceptors (Lipinski definition) is 2. The highest BCUT2D eigenvalue weighted by Gasteiger charge is 2.48. The highest BCUT2D eigenvalue weighted by molar-refractivity contribution is 6.12. The third-order valence-electron chi connectivity index (χ3n) is 4.68. The summed E-state index contributed by atoms with van der Waals surface area (Å²) in [5.41, 5.74) is 1.99. The molecule has 0 saturated carbocycles. The van der Waals surface area contributed by atoms with Crippen molar-refractivity contribution in [1.82, 2.24) is 4.90 Å². The van der Waals surface area contributed by atoms with Crippen LogP contribution in [0.2, 0.25) is 0 Å². The number of amides is 2. The van der Waals surface area contributed by atoms with Crippen LogP contribution in [0.4, 0.5) is 0 Å². The minimum Gasteiger partial charge on any atom is -0.281 e. The molecule has 126 valence electrons. The molecule has 0 N–H and O–H groups in total. The van der Waals surface area contributed by atoms with Crippen LogP contribution in [0.15, 0.2) is 18.2 Å². The SMILES string of the molecule is CN1C(=O)c2ccc(C(C)(C)C)cc2C(C)(CC(C)(C)C)C1=O. The molecule has 3 heteroatoms. The second kappa shape index (κ2) is 5.19. The normalized spacial score (nSPS) is 22.3. The van der Waals surface area contributed by atoms with Gasteiger partial charge in [-0.05, 0) is 41.4 Å². The van der Waals surface area contributed by atoms with Crippen LogP contribution in [0.3, 0.4) is 0 Å². The Kier molecular flexibility index (Phi) is 3.99. The van der Waals surface area contributed by atoms with E-state index in [1.165, 1.54) is 4.90 Å². The highest BCUT2D eigenvalue weighted by Crippen LogP contribution is 2.43. The quantitative estimate of drug-likeness (QED) is 0.725. The summed E-state index contributed by atoms with van der Waals surface area (Å²) in [5.74, 6) is -0.298. The lowest BCUT2D eigenvalue weighted by Crippen LogP contribution is -2.52. The molecule has 2 amide bonds. The van der Waals surface area contributed by atoms with Crippen LogP contribution in [0, 0.1) is 5.41 Å². The van der Waals surface area contributed by atoms with Crippen LogP contribution in [0.25, 0.3) is 0 Å². The van der Waals surface area contributed by atoms with Crippen molar-refractivity contribution in [3.63, 3.8) is 0 Å². The number of carbonyl (C=O) groups is 2. The number of benzene rings is 1. The van der Waals surface area contributed by atoms with E-state index in [0.29, 0.717) is 12.0 Å². The maximum Gasteiger partial charge on any atom is 0.260 e. The van der Waals surface area contributed by atoms with Crippen LogP contribution in [0.5, 0.6) is 0 Å². The monoisotopic (exact) mass is 315 g/mol. The Morgan fingerprint density at radius 1 is 1.04 bits per heavy atom. The van der Waals surface area contributed by atoms with E-state index in [4.69, 9.17) is 0 Å². The van der Waals surface area contributed by atoms with Gasteiger partial charge in [0.25, 0.3) is 5.91 Å². The Balaban J connectivity index is 2.72. The summed E-state index contributed by atoms with van der Waals surface area (Å²) in [5, 5.41) is 0. The molecule has 1 atom stereocenters. The van der Waals surface area contributed by atoms with Crippen molar-refractivity contribution in [2.24, 2.45) is 5.41 Å². The molecule has 0 aromatic heterocycles. The first-order chi connectivity index (χ1) is 10.3. The first-order valence-electron chi connectivity index (χ1n) is 8.25. The zero-order valence-electron chi connectivity index (χ0n) is 15.7. The third-order valence-corrected chi connectivity index (χ3v) is 4.68. The minimum absolute atomic E-state index is 0.0132. The highest BCUT2D eigenvalue weighted by atomic mass is 16.2. The zero-order chi connectivity index (χ0) is 17.8. The predicted octanol–water partition coefficient (Wildman–Crippen LogP) is 4.29. The van der Waals surface area contributed by atoms with Crippen LogP contribution in [0.1, 0.15) is 76.4 Å². The van der Waals surface area contributed by atoms with E-state index in [2.05, 4.69) is 47.6 Å². The van der Waals surface area contributed by atoms with Gasteiger partial charge >= 0.3 is 0 Å². The molecule has 1 aliphatic rings. The van der Waals surface area contributed by atoms with Crippen molar-refractivity contribution < 1.29 is 9.59 Å². The lowest BCUT2D eigenvalue weighted by Gasteiger charge is -2.42. The van der Waals surface area contributed by atoms with E-state index < -0.39 is 5.41 Å². The standard InChI is InChI=1S/C20H29NO2/c1-18(2,3)12-20(7)15-11-13(19(4,5)6)9-10-14(15)16(22)21(8)17(20)23/h9-11H,12H2,1-8H3. The fourth-order valence-corrected chi connectivity index (χ4v) is 3.64. The molecule has 1 aliphatic heterocycles. The summed E-state index contributed by atoms with van der Waals surface area (Å²) in [6.45, 7) is 14.8. The van der Waals surface area contributed by atoms with E-state index in [1.807, 2.05) is 19.1 Å².